The summed E-state index contributed by atoms with van der Waals surface area (Å²) in [7, 11) is -3.75. The van der Waals surface area contributed by atoms with Gasteiger partial charge in [-0.1, -0.05) is 24.3 Å². The van der Waals surface area contributed by atoms with Gasteiger partial charge in [0, 0.05) is 16.5 Å². The molecule has 0 atom stereocenters. The van der Waals surface area contributed by atoms with Crippen molar-refractivity contribution in [2.45, 2.75) is 4.21 Å². The summed E-state index contributed by atoms with van der Waals surface area (Å²) in [5.74, 6) is -0.0660. The van der Waals surface area contributed by atoms with Gasteiger partial charge in [-0.05, 0) is 47.3 Å². The number of aromatic nitrogens is 1. The van der Waals surface area contributed by atoms with Crippen LogP contribution in [0.1, 0.15) is 0 Å². The first-order valence-corrected chi connectivity index (χ1v) is 11.2. The van der Waals surface area contributed by atoms with Crippen LogP contribution in [0.15, 0.2) is 71.1 Å². The minimum atomic E-state index is -3.75. The van der Waals surface area contributed by atoms with Crippen molar-refractivity contribution in [3.05, 3.63) is 72.8 Å². The van der Waals surface area contributed by atoms with Gasteiger partial charge in [0.05, 0.1) is 12.2 Å². The molecule has 5 nitrogen and oxygen atoms in total. The Morgan fingerprint density at radius 3 is 2.66 bits per heavy atom. The Labute approximate surface area is 171 Å². The minimum absolute atomic E-state index is 0.217. The molecule has 0 N–H and O–H groups in total. The molecule has 0 unspecified atom stereocenters. The van der Waals surface area contributed by atoms with E-state index in [0.29, 0.717) is 21.2 Å². The van der Waals surface area contributed by atoms with Crippen LogP contribution in [0.2, 0.25) is 0 Å². The summed E-state index contributed by atoms with van der Waals surface area (Å²) in [4.78, 5) is 3.68. The van der Waals surface area contributed by atoms with Crippen molar-refractivity contribution < 1.29 is 17.5 Å². The molecule has 29 heavy (non-hydrogen) atoms. The number of hydrogen-bond acceptors (Lipinski definition) is 5. The molecule has 8 heteroatoms. The summed E-state index contributed by atoms with van der Waals surface area (Å²) in [6.45, 7) is 0.489. The van der Waals surface area contributed by atoms with E-state index in [1.54, 1.807) is 24.3 Å². The SMILES string of the molecule is O=S(=O)(c1cc2ccccc2s1)N1CCOc2ccc(-c3ccc(F)nc3)cc21. The number of anilines is 1. The summed E-state index contributed by atoms with van der Waals surface area (Å²) in [6.07, 6.45) is 1.42. The van der Waals surface area contributed by atoms with Crippen molar-refractivity contribution in [1.29, 1.82) is 0 Å². The maximum Gasteiger partial charge on any atom is 0.274 e. The van der Waals surface area contributed by atoms with Crippen LogP contribution in [-0.4, -0.2) is 26.6 Å². The fraction of sp³-hybridized carbons (Fsp3) is 0.0952. The second-order valence-corrected chi connectivity index (χ2v) is 9.75. The van der Waals surface area contributed by atoms with Gasteiger partial charge in [-0.25, -0.2) is 13.4 Å². The largest absolute Gasteiger partial charge is 0.489 e. The van der Waals surface area contributed by atoms with Crippen LogP contribution >= 0.6 is 11.3 Å². The Bertz CT molecular complexity index is 1280. The van der Waals surface area contributed by atoms with Crippen LogP contribution < -0.4 is 9.04 Å². The Morgan fingerprint density at radius 1 is 1.03 bits per heavy atom. The lowest BCUT2D eigenvalue weighted by atomic mass is 10.1. The highest BCUT2D eigenvalue weighted by atomic mass is 32.2. The van der Waals surface area contributed by atoms with Crippen LogP contribution in [0, 0.1) is 5.95 Å². The van der Waals surface area contributed by atoms with E-state index < -0.39 is 16.0 Å². The van der Waals surface area contributed by atoms with Crippen molar-refractivity contribution in [3.63, 3.8) is 0 Å². The maximum absolute atomic E-state index is 13.4. The molecule has 4 aromatic rings. The Balaban J connectivity index is 1.60. The monoisotopic (exact) mass is 426 g/mol. The molecule has 0 radical (unpaired) electrons. The molecular formula is C21H15FN2O3S2. The number of hydrogen-bond donors (Lipinski definition) is 0. The highest BCUT2D eigenvalue weighted by molar-refractivity contribution is 7.95. The fourth-order valence-electron chi connectivity index (χ4n) is 3.36. The molecule has 0 saturated heterocycles. The third-order valence-electron chi connectivity index (χ3n) is 4.79. The molecule has 146 valence electrons. The van der Waals surface area contributed by atoms with E-state index in [9.17, 15) is 12.8 Å². The van der Waals surface area contributed by atoms with Crippen molar-refractivity contribution in [1.82, 2.24) is 4.98 Å². The van der Waals surface area contributed by atoms with Gasteiger partial charge >= 0.3 is 0 Å². The number of nitrogens with zero attached hydrogens (tertiary/aromatic N) is 2. The Hall–Kier alpha value is -2.97. The number of fused-ring (bicyclic) bond motifs is 2. The topological polar surface area (TPSA) is 59.5 Å². The molecule has 0 fully saturated rings. The average molecular weight is 426 g/mol. The molecule has 2 aromatic heterocycles. The zero-order chi connectivity index (χ0) is 20.0. The maximum atomic E-state index is 13.4. The van der Waals surface area contributed by atoms with E-state index in [-0.39, 0.29) is 13.2 Å². The summed E-state index contributed by atoms with van der Waals surface area (Å²) >= 11 is 1.25. The number of benzene rings is 2. The first-order chi connectivity index (χ1) is 14.0. The van der Waals surface area contributed by atoms with E-state index in [1.165, 1.54) is 27.9 Å². The predicted octanol–water partition coefficient (Wildman–Crippen LogP) is 4.69. The second-order valence-electron chi connectivity index (χ2n) is 6.58. The van der Waals surface area contributed by atoms with Gasteiger partial charge in [-0.3, -0.25) is 4.31 Å². The average Bonchev–Trinajstić information content (AvgIpc) is 3.19. The normalized spacial score (nSPS) is 13.9. The number of rotatable bonds is 3. The molecule has 5 rings (SSSR count). The third kappa shape index (κ3) is 3.14. The third-order valence-corrected chi connectivity index (χ3v) is 8.17. The fourth-order valence-corrected chi connectivity index (χ4v) is 6.33. The molecule has 1 aliphatic heterocycles. The van der Waals surface area contributed by atoms with Gasteiger partial charge in [0.25, 0.3) is 10.0 Å². The van der Waals surface area contributed by atoms with E-state index in [1.807, 2.05) is 30.3 Å². The molecule has 2 aromatic carbocycles. The number of halogens is 1. The lowest BCUT2D eigenvalue weighted by molar-refractivity contribution is 0.316. The lowest BCUT2D eigenvalue weighted by Crippen LogP contribution is -2.37. The zero-order valence-corrected chi connectivity index (χ0v) is 16.7. The zero-order valence-electron chi connectivity index (χ0n) is 15.1. The van der Waals surface area contributed by atoms with Crippen LogP contribution in [0.4, 0.5) is 10.1 Å². The first kappa shape index (κ1) is 18.1. The summed E-state index contributed by atoms with van der Waals surface area (Å²) in [5, 5.41) is 0.899. The molecule has 0 amide bonds. The first-order valence-electron chi connectivity index (χ1n) is 8.92. The number of sulfonamides is 1. The van der Waals surface area contributed by atoms with Gasteiger partial charge in [0.15, 0.2) is 0 Å². The summed E-state index contributed by atoms with van der Waals surface area (Å²) in [5.41, 5.74) is 1.90. The minimum Gasteiger partial charge on any atom is -0.489 e. The Morgan fingerprint density at radius 2 is 1.86 bits per heavy atom. The van der Waals surface area contributed by atoms with E-state index >= 15 is 0 Å². The van der Waals surface area contributed by atoms with Crippen LogP contribution in [0.25, 0.3) is 21.2 Å². The molecule has 1 aliphatic rings. The van der Waals surface area contributed by atoms with Gasteiger partial charge in [-0.15, -0.1) is 11.3 Å². The van der Waals surface area contributed by atoms with Gasteiger partial charge in [-0.2, -0.15) is 4.39 Å². The summed E-state index contributed by atoms with van der Waals surface area (Å²) < 4.78 is 48.3. The quantitative estimate of drug-likeness (QED) is 0.446. The predicted molar refractivity (Wildman–Crippen MR) is 111 cm³/mol. The molecule has 0 spiro atoms. The van der Waals surface area contributed by atoms with E-state index in [4.69, 9.17) is 4.74 Å². The molecular weight excluding hydrogens is 411 g/mol. The number of thiophene rings is 1. The molecule has 0 bridgehead atoms. The van der Waals surface area contributed by atoms with E-state index in [2.05, 4.69) is 4.98 Å². The number of ether oxygens (including phenoxy) is 1. The van der Waals surface area contributed by atoms with Crippen LogP contribution in [-0.2, 0) is 10.0 Å². The summed E-state index contributed by atoms with van der Waals surface area (Å²) in [6, 6.07) is 17.5. The van der Waals surface area contributed by atoms with Crippen molar-refractivity contribution in [3.8, 4) is 16.9 Å². The smallest absolute Gasteiger partial charge is 0.274 e. The molecule has 0 saturated carbocycles. The van der Waals surface area contributed by atoms with E-state index in [0.717, 1.165) is 15.6 Å². The van der Waals surface area contributed by atoms with Crippen molar-refractivity contribution >= 4 is 37.1 Å². The second kappa shape index (κ2) is 6.82. The molecule has 0 aliphatic carbocycles. The van der Waals surface area contributed by atoms with Crippen molar-refractivity contribution in [2.24, 2.45) is 0 Å². The van der Waals surface area contributed by atoms with Gasteiger partial charge < -0.3 is 4.74 Å². The van der Waals surface area contributed by atoms with Gasteiger partial charge in [0.2, 0.25) is 5.95 Å². The van der Waals surface area contributed by atoms with Crippen molar-refractivity contribution in [2.75, 3.05) is 17.5 Å². The lowest BCUT2D eigenvalue weighted by Gasteiger charge is -2.30. The standard InChI is InChI=1S/C21H15FN2O3S2/c22-20-8-6-16(13-23-20)14-5-7-18-17(11-14)24(9-10-27-18)29(25,26)21-12-15-3-1-2-4-19(15)28-21/h1-8,11-13H,9-10H2. The van der Waals surface area contributed by atoms with Gasteiger partial charge in [0.1, 0.15) is 16.6 Å². The molecule has 3 heterocycles. The highest BCUT2D eigenvalue weighted by Gasteiger charge is 2.31. The Kier molecular flexibility index (Phi) is 4.25. The van der Waals surface area contributed by atoms with Crippen LogP contribution in [0.3, 0.4) is 0 Å². The van der Waals surface area contributed by atoms with Crippen LogP contribution in [0.5, 0.6) is 5.75 Å². The number of pyridine rings is 1. The highest BCUT2D eigenvalue weighted by Crippen LogP contribution is 2.40.